The van der Waals surface area contributed by atoms with Crippen molar-refractivity contribution in [2.75, 3.05) is 12.3 Å². The van der Waals surface area contributed by atoms with E-state index in [9.17, 15) is 4.79 Å². The Hall–Kier alpha value is -1.94. The van der Waals surface area contributed by atoms with Gasteiger partial charge in [0.15, 0.2) is 6.10 Å². The molecule has 0 bridgehead atoms. The smallest absolute Gasteiger partial charge is 0.261 e. The summed E-state index contributed by atoms with van der Waals surface area (Å²) in [5.74, 6) is 2.58. The summed E-state index contributed by atoms with van der Waals surface area (Å²) in [4.78, 5) is 12.4. The Labute approximate surface area is 161 Å². The number of amides is 1. The average molecular weight is 372 g/mol. The first-order chi connectivity index (χ1) is 12.5. The Balaban J connectivity index is 1.75. The fourth-order valence-corrected chi connectivity index (χ4v) is 3.74. The van der Waals surface area contributed by atoms with Gasteiger partial charge in [-0.05, 0) is 61.6 Å². The molecule has 0 aliphatic rings. The van der Waals surface area contributed by atoms with Crippen LogP contribution in [0.25, 0.3) is 0 Å². The molecule has 2 aromatic rings. The summed E-state index contributed by atoms with van der Waals surface area (Å²) in [7, 11) is 0. The molecule has 0 aromatic heterocycles. The lowest BCUT2D eigenvalue weighted by Crippen LogP contribution is -2.39. The van der Waals surface area contributed by atoms with Gasteiger partial charge in [0, 0.05) is 18.1 Å². The third kappa shape index (κ3) is 6.41. The zero-order valence-corrected chi connectivity index (χ0v) is 17.0. The molecule has 26 heavy (non-hydrogen) atoms. The highest BCUT2D eigenvalue weighted by Crippen LogP contribution is 2.19. The van der Waals surface area contributed by atoms with E-state index < -0.39 is 6.10 Å². The van der Waals surface area contributed by atoms with Crippen molar-refractivity contribution in [3.63, 3.8) is 0 Å². The van der Waals surface area contributed by atoms with Crippen molar-refractivity contribution in [2.45, 2.75) is 46.0 Å². The Kier molecular flexibility index (Phi) is 8.05. The standard InChI is InChI=1S/C22H29NO2S/c1-5-21(25-20-13-16(2)12-17(3)14-20)22(24)23-10-11-26-15-19-9-7-6-8-18(19)4/h6-9,12-14,21H,5,10-11,15H2,1-4H3,(H,23,24)/t21-/m0/s1. The van der Waals surface area contributed by atoms with Gasteiger partial charge in [0.25, 0.3) is 5.91 Å². The molecular formula is C22H29NO2S. The predicted molar refractivity (Wildman–Crippen MR) is 111 cm³/mol. The van der Waals surface area contributed by atoms with Crippen molar-refractivity contribution in [3.8, 4) is 5.75 Å². The Morgan fingerprint density at radius 3 is 2.46 bits per heavy atom. The molecule has 140 valence electrons. The average Bonchev–Trinajstić information content (AvgIpc) is 2.60. The van der Waals surface area contributed by atoms with Gasteiger partial charge < -0.3 is 10.1 Å². The topological polar surface area (TPSA) is 38.3 Å². The number of rotatable bonds is 9. The van der Waals surface area contributed by atoms with Crippen LogP contribution in [-0.2, 0) is 10.5 Å². The second kappa shape index (κ2) is 10.3. The Morgan fingerprint density at radius 2 is 1.81 bits per heavy atom. The van der Waals surface area contributed by atoms with E-state index in [1.165, 1.54) is 11.1 Å². The van der Waals surface area contributed by atoms with Crippen molar-refractivity contribution < 1.29 is 9.53 Å². The summed E-state index contributed by atoms with van der Waals surface area (Å²) in [5.41, 5.74) is 4.95. The molecule has 0 radical (unpaired) electrons. The normalized spacial score (nSPS) is 11.8. The third-order valence-corrected chi connectivity index (χ3v) is 5.21. The van der Waals surface area contributed by atoms with Crippen LogP contribution < -0.4 is 10.1 Å². The molecule has 3 nitrogen and oxygen atoms in total. The first-order valence-corrected chi connectivity index (χ1v) is 10.3. The Morgan fingerprint density at radius 1 is 1.12 bits per heavy atom. The quantitative estimate of drug-likeness (QED) is 0.642. The maximum absolute atomic E-state index is 12.4. The maximum atomic E-state index is 12.4. The molecule has 1 atom stereocenters. The molecule has 0 unspecified atom stereocenters. The largest absolute Gasteiger partial charge is 0.481 e. The van der Waals surface area contributed by atoms with Gasteiger partial charge in [-0.15, -0.1) is 0 Å². The zero-order chi connectivity index (χ0) is 18.9. The number of hydrogen-bond acceptors (Lipinski definition) is 3. The molecule has 1 amide bonds. The van der Waals surface area contributed by atoms with Crippen LogP contribution in [0.15, 0.2) is 42.5 Å². The minimum atomic E-state index is -0.447. The first kappa shape index (κ1) is 20.4. The number of ether oxygens (including phenoxy) is 1. The second-order valence-electron chi connectivity index (χ2n) is 6.61. The van der Waals surface area contributed by atoms with Crippen LogP contribution >= 0.6 is 11.8 Å². The molecule has 0 spiro atoms. The van der Waals surface area contributed by atoms with Crippen LogP contribution in [0, 0.1) is 20.8 Å². The van der Waals surface area contributed by atoms with Crippen LogP contribution in [0.3, 0.4) is 0 Å². The lowest BCUT2D eigenvalue weighted by Gasteiger charge is -2.18. The van der Waals surface area contributed by atoms with Crippen molar-refractivity contribution in [2.24, 2.45) is 0 Å². The van der Waals surface area contributed by atoms with Crippen molar-refractivity contribution >= 4 is 17.7 Å². The summed E-state index contributed by atoms with van der Waals surface area (Å²) in [6.07, 6.45) is 0.201. The Bertz CT molecular complexity index is 710. The molecule has 0 aliphatic heterocycles. The van der Waals surface area contributed by atoms with E-state index in [2.05, 4.69) is 42.6 Å². The van der Waals surface area contributed by atoms with Gasteiger partial charge in [-0.2, -0.15) is 11.8 Å². The van der Waals surface area contributed by atoms with Crippen LogP contribution in [0.4, 0.5) is 0 Å². The molecule has 2 aromatic carbocycles. The molecular weight excluding hydrogens is 342 g/mol. The molecule has 0 saturated heterocycles. The van der Waals surface area contributed by atoms with Crippen LogP contribution in [0.1, 0.15) is 35.6 Å². The summed E-state index contributed by atoms with van der Waals surface area (Å²) in [5, 5.41) is 3.00. The van der Waals surface area contributed by atoms with Crippen molar-refractivity contribution in [1.82, 2.24) is 5.32 Å². The number of hydrogen-bond donors (Lipinski definition) is 1. The number of aryl methyl sites for hydroxylation is 3. The number of carbonyl (C=O) groups is 1. The molecule has 0 heterocycles. The fraction of sp³-hybridized carbons (Fsp3) is 0.409. The van der Waals surface area contributed by atoms with E-state index >= 15 is 0 Å². The van der Waals surface area contributed by atoms with E-state index in [-0.39, 0.29) is 5.91 Å². The van der Waals surface area contributed by atoms with Gasteiger partial charge in [-0.1, -0.05) is 37.3 Å². The van der Waals surface area contributed by atoms with E-state index in [0.717, 1.165) is 28.4 Å². The van der Waals surface area contributed by atoms with Crippen molar-refractivity contribution in [3.05, 3.63) is 64.7 Å². The van der Waals surface area contributed by atoms with E-state index in [1.54, 1.807) is 0 Å². The minimum Gasteiger partial charge on any atom is -0.481 e. The molecule has 1 N–H and O–H groups in total. The molecule has 0 fully saturated rings. The first-order valence-electron chi connectivity index (χ1n) is 9.14. The summed E-state index contributed by atoms with van der Waals surface area (Å²) >= 11 is 1.83. The van der Waals surface area contributed by atoms with Crippen LogP contribution in [0.2, 0.25) is 0 Å². The monoisotopic (exact) mass is 371 g/mol. The number of nitrogens with one attached hydrogen (secondary N) is 1. The summed E-state index contributed by atoms with van der Waals surface area (Å²) in [6.45, 7) is 8.83. The number of benzene rings is 2. The maximum Gasteiger partial charge on any atom is 0.261 e. The van der Waals surface area contributed by atoms with Crippen LogP contribution in [0.5, 0.6) is 5.75 Å². The molecule has 0 saturated carbocycles. The fourth-order valence-electron chi connectivity index (χ4n) is 2.80. The predicted octanol–water partition coefficient (Wildman–Crippen LogP) is 4.82. The highest BCUT2D eigenvalue weighted by molar-refractivity contribution is 7.98. The van der Waals surface area contributed by atoms with Crippen molar-refractivity contribution in [1.29, 1.82) is 0 Å². The molecule has 2 rings (SSSR count). The van der Waals surface area contributed by atoms with E-state index in [1.807, 2.05) is 44.7 Å². The van der Waals surface area contributed by atoms with Gasteiger partial charge in [0.1, 0.15) is 5.75 Å². The third-order valence-electron chi connectivity index (χ3n) is 4.20. The number of carbonyl (C=O) groups excluding carboxylic acids is 1. The van der Waals surface area contributed by atoms with Gasteiger partial charge in [-0.3, -0.25) is 4.79 Å². The highest BCUT2D eigenvalue weighted by Gasteiger charge is 2.18. The van der Waals surface area contributed by atoms with Gasteiger partial charge >= 0.3 is 0 Å². The SMILES string of the molecule is CC[C@H](Oc1cc(C)cc(C)c1)C(=O)NCCSCc1ccccc1C. The lowest BCUT2D eigenvalue weighted by molar-refractivity contribution is -0.127. The van der Waals surface area contributed by atoms with Gasteiger partial charge in [0.2, 0.25) is 0 Å². The van der Waals surface area contributed by atoms with E-state index in [0.29, 0.717) is 13.0 Å². The highest BCUT2D eigenvalue weighted by atomic mass is 32.2. The molecule has 0 aliphatic carbocycles. The number of thioether (sulfide) groups is 1. The molecule has 4 heteroatoms. The summed E-state index contributed by atoms with van der Waals surface area (Å²) < 4.78 is 5.91. The summed E-state index contributed by atoms with van der Waals surface area (Å²) in [6, 6.07) is 14.5. The zero-order valence-electron chi connectivity index (χ0n) is 16.2. The minimum absolute atomic E-state index is 0.0387. The second-order valence-corrected chi connectivity index (χ2v) is 7.71. The van der Waals surface area contributed by atoms with Gasteiger partial charge in [-0.25, -0.2) is 0 Å². The van der Waals surface area contributed by atoms with Crippen LogP contribution in [-0.4, -0.2) is 24.3 Å². The van der Waals surface area contributed by atoms with E-state index in [4.69, 9.17) is 4.74 Å². The van der Waals surface area contributed by atoms with Gasteiger partial charge in [0.05, 0.1) is 0 Å². The lowest BCUT2D eigenvalue weighted by atomic mass is 10.1.